The largest absolute Gasteiger partial charge is 0.367 e. The van der Waals surface area contributed by atoms with Gasteiger partial charge in [-0.05, 0) is 31.2 Å². The highest BCUT2D eigenvalue weighted by molar-refractivity contribution is 7.99. The first-order valence-electron chi connectivity index (χ1n) is 7.21. The Morgan fingerprint density at radius 2 is 1.79 bits per heavy atom. The van der Waals surface area contributed by atoms with Gasteiger partial charge in [0.1, 0.15) is 5.82 Å². The van der Waals surface area contributed by atoms with E-state index >= 15 is 0 Å². The molecule has 0 aliphatic rings. The van der Waals surface area contributed by atoms with E-state index in [-0.39, 0.29) is 24.9 Å². The van der Waals surface area contributed by atoms with Gasteiger partial charge in [-0.15, -0.1) is 11.8 Å². The van der Waals surface area contributed by atoms with E-state index in [1.807, 2.05) is 0 Å². The van der Waals surface area contributed by atoms with Gasteiger partial charge in [0, 0.05) is 25.1 Å². The van der Waals surface area contributed by atoms with Gasteiger partial charge in [0.2, 0.25) is 5.91 Å². The summed E-state index contributed by atoms with van der Waals surface area (Å²) in [5.41, 5.74) is 11.0. The van der Waals surface area contributed by atoms with Crippen LogP contribution in [-0.4, -0.2) is 40.9 Å². The third kappa shape index (κ3) is 5.13. The van der Waals surface area contributed by atoms with E-state index in [9.17, 15) is 22.8 Å². The van der Waals surface area contributed by atoms with Crippen molar-refractivity contribution in [3.63, 3.8) is 0 Å². The van der Waals surface area contributed by atoms with Crippen LogP contribution < -0.4 is 11.5 Å². The lowest BCUT2D eigenvalue weighted by atomic mass is 10.0. The summed E-state index contributed by atoms with van der Waals surface area (Å²) >= 11 is 1.11. The van der Waals surface area contributed by atoms with Crippen molar-refractivity contribution in [3.8, 4) is 0 Å². The van der Waals surface area contributed by atoms with E-state index in [1.165, 1.54) is 4.90 Å². The topological polar surface area (TPSA) is 89.4 Å². The van der Waals surface area contributed by atoms with E-state index in [4.69, 9.17) is 11.5 Å². The molecule has 24 heavy (non-hydrogen) atoms. The van der Waals surface area contributed by atoms with E-state index < -0.39 is 40.7 Å². The number of benzene rings is 1. The van der Waals surface area contributed by atoms with Crippen molar-refractivity contribution in [1.82, 2.24) is 4.90 Å². The Balaban J connectivity index is 2.79. The Kier molecular flexibility index (Phi) is 7.56. The molecule has 0 aromatic heterocycles. The Labute approximate surface area is 142 Å². The van der Waals surface area contributed by atoms with Crippen molar-refractivity contribution in [2.24, 2.45) is 11.5 Å². The van der Waals surface area contributed by atoms with E-state index in [0.29, 0.717) is 6.07 Å². The van der Waals surface area contributed by atoms with Crippen LogP contribution in [0.2, 0.25) is 0 Å². The molecule has 4 N–H and O–H groups in total. The maximum absolute atomic E-state index is 13.6. The molecule has 134 valence electrons. The summed E-state index contributed by atoms with van der Waals surface area (Å²) in [4.78, 5) is 24.9. The molecule has 0 fully saturated rings. The van der Waals surface area contributed by atoms with Crippen molar-refractivity contribution in [2.75, 3.05) is 12.8 Å². The van der Waals surface area contributed by atoms with Gasteiger partial charge in [0.25, 0.3) is 5.91 Å². The molecular weight excluding hydrogens is 343 g/mol. The number of likely N-dealkylation sites (N-methyl/N-ethyl adjacent to an activating group) is 1. The van der Waals surface area contributed by atoms with Gasteiger partial charge in [-0.3, -0.25) is 9.59 Å². The Bertz CT molecular complexity index is 616. The third-order valence-electron chi connectivity index (χ3n) is 3.42. The number of nitrogens with two attached hydrogens (primary N) is 2. The number of rotatable bonds is 8. The molecule has 2 atom stereocenters. The number of primary amides is 1. The third-order valence-corrected chi connectivity index (χ3v) is 4.35. The van der Waals surface area contributed by atoms with Gasteiger partial charge in [0.15, 0.2) is 17.0 Å². The van der Waals surface area contributed by atoms with Crippen LogP contribution in [-0.2, 0) is 16.0 Å². The highest BCUT2D eigenvalue weighted by Gasteiger charge is 2.27. The maximum atomic E-state index is 13.6. The first-order chi connectivity index (χ1) is 11.2. The lowest BCUT2D eigenvalue weighted by molar-refractivity contribution is -0.136. The second kappa shape index (κ2) is 8.93. The van der Waals surface area contributed by atoms with Crippen LogP contribution in [0.1, 0.15) is 18.9 Å². The quantitative estimate of drug-likeness (QED) is 0.539. The van der Waals surface area contributed by atoms with Gasteiger partial charge >= 0.3 is 0 Å². The molecule has 0 saturated heterocycles. The minimum absolute atomic E-state index is 0.117. The molecule has 0 radical (unpaired) electrons. The predicted octanol–water partition coefficient (Wildman–Crippen LogP) is 1.39. The number of hydrogen-bond acceptors (Lipinski definition) is 4. The monoisotopic (exact) mass is 363 g/mol. The lowest BCUT2D eigenvalue weighted by Crippen LogP contribution is -2.47. The summed E-state index contributed by atoms with van der Waals surface area (Å²) in [6.07, 6.45) is 1.31. The van der Waals surface area contributed by atoms with Crippen LogP contribution in [0.25, 0.3) is 0 Å². The molecule has 1 aromatic carbocycles. The summed E-state index contributed by atoms with van der Waals surface area (Å²) in [6, 6.07) is 0.344. The van der Waals surface area contributed by atoms with Crippen LogP contribution in [0.5, 0.6) is 0 Å². The summed E-state index contributed by atoms with van der Waals surface area (Å²) in [5, 5.41) is -0.824. The first kappa shape index (κ1) is 20.3. The summed E-state index contributed by atoms with van der Waals surface area (Å²) < 4.78 is 39.7. The fourth-order valence-electron chi connectivity index (χ4n) is 2.29. The fourth-order valence-corrected chi connectivity index (χ4v) is 3.04. The van der Waals surface area contributed by atoms with Crippen molar-refractivity contribution in [1.29, 1.82) is 0 Å². The Morgan fingerprint density at radius 1 is 1.21 bits per heavy atom. The SMILES string of the molecule is CCN(C(=O)CC(N)Cc1cc(F)c(F)cc1F)C(SC)C(N)=O. The van der Waals surface area contributed by atoms with Crippen molar-refractivity contribution in [3.05, 3.63) is 35.1 Å². The van der Waals surface area contributed by atoms with E-state index in [0.717, 1.165) is 17.8 Å². The smallest absolute Gasteiger partial charge is 0.250 e. The average molecular weight is 363 g/mol. The zero-order valence-electron chi connectivity index (χ0n) is 13.4. The fraction of sp³-hybridized carbons (Fsp3) is 0.467. The molecule has 0 aliphatic heterocycles. The number of amides is 2. The molecule has 0 heterocycles. The highest BCUT2D eigenvalue weighted by Crippen LogP contribution is 2.18. The van der Waals surface area contributed by atoms with Crippen LogP contribution in [0.3, 0.4) is 0 Å². The molecule has 0 saturated carbocycles. The van der Waals surface area contributed by atoms with Gasteiger partial charge < -0.3 is 16.4 Å². The lowest BCUT2D eigenvalue weighted by Gasteiger charge is -2.28. The van der Waals surface area contributed by atoms with Crippen molar-refractivity contribution in [2.45, 2.75) is 31.2 Å². The molecule has 5 nitrogen and oxygen atoms in total. The maximum Gasteiger partial charge on any atom is 0.250 e. The highest BCUT2D eigenvalue weighted by atomic mass is 32.2. The van der Waals surface area contributed by atoms with Gasteiger partial charge in [-0.2, -0.15) is 0 Å². The van der Waals surface area contributed by atoms with E-state index in [1.54, 1.807) is 13.2 Å². The van der Waals surface area contributed by atoms with Crippen LogP contribution in [0, 0.1) is 17.5 Å². The molecule has 1 aromatic rings. The standard InChI is InChI=1S/C15H20F3N3O2S/c1-3-21(15(24-2)14(20)23)13(22)6-9(19)4-8-5-11(17)12(18)7-10(8)16/h5,7,9,15H,3-4,6,19H2,1-2H3,(H2,20,23). The number of thioether (sulfide) groups is 1. The molecule has 0 aliphatic carbocycles. The molecule has 9 heteroatoms. The molecule has 0 bridgehead atoms. The van der Waals surface area contributed by atoms with Crippen LogP contribution in [0.15, 0.2) is 12.1 Å². The molecule has 0 spiro atoms. The van der Waals surface area contributed by atoms with Crippen molar-refractivity contribution < 1.29 is 22.8 Å². The normalized spacial score (nSPS) is 13.4. The van der Waals surface area contributed by atoms with Gasteiger partial charge in [-0.1, -0.05) is 0 Å². The first-order valence-corrected chi connectivity index (χ1v) is 8.50. The van der Waals surface area contributed by atoms with Crippen molar-refractivity contribution >= 4 is 23.6 Å². The molecule has 2 amide bonds. The predicted molar refractivity (Wildman–Crippen MR) is 86.5 cm³/mol. The number of carbonyl (C=O) groups excluding carboxylic acids is 2. The van der Waals surface area contributed by atoms with Crippen LogP contribution >= 0.6 is 11.8 Å². The Morgan fingerprint density at radius 3 is 2.29 bits per heavy atom. The number of carbonyl (C=O) groups is 2. The number of nitrogens with zero attached hydrogens (tertiary/aromatic N) is 1. The van der Waals surface area contributed by atoms with Gasteiger partial charge in [0.05, 0.1) is 0 Å². The minimum atomic E-state index is -1.29. The minimum Gasteiger partial charge on any atom is -0.367 e. The second-order valence-electron chi connectivity index (χ2n) is 5.20. The molecular formula is C15H20F3N3O2S. The summed E-state index contributed by atoms with van der Waals surface area (Å²) in [7, 11) is 0. The molecule has 1 rings (SSSR count). The average Bonchev–Trinajstić information content (AvgIpc) is 2.49. The van der Waals surface area contributed by atoms with Crippen LogP contribution in [0.4, 0.5) is 13.2 Å². The zero-order chi connectivity index (χ0) is 18.4. The summed E-state index contributed by atoms with van der Waals surface area (Å²) in [5.74, 6) is -4.48. The number of hydrogen-bond donors (Lipinski definition) is 2. The number of halogens is 3. The Hall–Kier alpha value is -1.74. The van der Waals surface area contributed by atoms with E-state index in [2.05, 4.69) is 0 Å². The second-order valence-corrected chi connectivity index (χ2v) is 6.11. The molecule has 2 unspecified atom stereocenters. The summed E-state index contributed by atoms with van der Waals surface area (Å²) in [6.45, 7) is 1.93. The zero-order valence-corrected chi connectivity index (χ0v) is 14.2. The van der Waals surface area contributed by atoms with Gasteiger partial charge in [-0.25, -0.2) is 13.2 Å².